The number of hydrogen-bond acceptors (Lipinski definition) is 4. The first kappa shape index (κ1) is 15.5. The summed E-state index contributed by atoms with van der Waals surface area (Å²) in [4.78, 5) is 0. The SMILES string of the molecule is Oc1ccc2c(O)cccc2c1.Oc1ccc2ccccc2c1O. The molecule has 4 nitrogen and oxygen atoms in total. The number of rotatable bonds is 0. The average Bonchev–Trinajstić information content (AvgIpc) is 2.59. The second kappa shape index (κ2) is 6.38. The Bertz CT molecular complexity index is 1010. The molecule has 0 aliphatic rings. The molecule has 0 radical (unpaired) electrons. The molecule has 0 unspecified atom stereocenters. The van der Waals surface area contributed by atoms with E-state index in [-0.39, 0.29) is 23.0 Å². The molecule has 0 fully saturated rings. The topological polar surface area (TPSA) is 80.9 Å². The van der Waals surface area contributed by atoms with Crippen LogP contribution in [0.1, 0.15) is 0 Å². The predicted octanol–water partition coefficient (Wildman–Crippen LogP) is 4.50. The van der Waals surface area contributed by atoms with Gasteiger partial charge in [0.1, 0.15) is 11.5 Å². The minimum absolute atomic E-state index is 0.0481. The molecule has 120 valence electrons. The highest BCUT2D eigenvalue weighted by Gasteiger charge is 2.02. The van der Waals surface area contributed by atoms with Crippen molar-refractivity contribution in [1.29, 1.82) is 0 Å². The van der Waals surface area contributed by atoms with Crippen molar-refractivity contribution in [2.24, 2.45) is 0 Å². The minimum atomic E-state index is -0.0753. The Balaban J connectivity index is 0.000000141. The van der Waals surface area contributed by atoms with Crippen molar-refractivity contribution in [1.82, 2.24) is 0 Å². The van der Waals surface area contributed by atoms with Crippen molar-refractivity contribution < 1.29 is 20.4 Å². The monoisotopic (exact) mass is 320 g/mol. The fourth-order valence-corrected chi connectivity index (χ4v) is 2.50. The molecule has 0 aliphatic heterocycles. The van der Waals surface area contributed by atoms with E-state index in [0.717, 1.165) is 16.2 Å². The fourth-order valence-electron chi connectivity index (χ4n) is 2.50. The lowest BCUT2D eigenvalue weighted by molar-refractivity contribution is 0.408. The molecule has 0 saturated heterocycles. The van der Waals surface area contributed by atoms with Gasteiger partial charge in [0, 0.05) is 10.8 Å². The lowest BCUT2D eigenvalue weighted by Crippen LogP contribution is -1.73. The maximum atomic E-state index is 9.41. The maximum Gasteiger partial charge on any atom is 0.165 e. The van der Waals surface area contributed by atoms with Gasteiger partial charge in [-0.2, -0.15) is 0 Å². The molecule has 0 saturated carbocycles. The van der Waals surface area contributed by atoms with Crippen LogP contribution in [-0.2, 0) is 0 Å². The largest absolute Gasteiger partial charge is 0.508 e. The molecule has 4 rings (SSSR count). The Hall–Kier alpha value is -3.40. The van der Waals surface area contributed by atoms with E-state index in [1.807, 2.05) is 24.3 Å². The molecule has 0 spiro atoms. The van der Waals surface area contributed by atoms with Crippen molar-refractivity contribution in [2.75, 3.05) is 0 Å². The molecule has 24 heavy (non-hydrogen) atoms. The summed E-state index contributed by atoms with van der Waals surface area (Å²) in [5, 5.41) is 40.3. The van der Waals surface area contributed by atoms with Crippen LogP contribution in [0.3, 0.4) is 0 Å². The van der Waals surface area contributed by atoms with Crippen LogP contribution < -0.4 is 0 Å². The van der Waals surface area contributed by atoms with E-state index >= 15 is 0 Å². The van der Waals surface area contributed by atoms with Gasteiger partial charge in [-0.15, -0.1) is 0 Å². The first-order valence-corrected chi connectivity index (χ1v) is 7.36. The first-order valence-electron chi connectivity index (χ1n) is 7.36. The summed E-state index contributed by atoms with van der Waals surface area (Å²) in [6, 6.07) is 20.7. The van der Waals surface area contributed by atoms with Gasteiger partial charge in [-0.3, -0.25) is 0 Å². The van der Waals surface area contributed by atoms with Crippen LogP contribution in [0.25, 0.3) is 21.5 Å². The zero-order valence-electron chi connectivity index (χ0n) is 12.7. The van der Waals surface area contributed by atoms with E-state index in [0.29, 0.717) is 5.39 Å². The summed E-state index contributed by atoms with van der Waals surface area (Å²) >= 11 is 0. The van der Waals surface area contributed by atoms with Crippen molar-refractivity contribution >= 4 is 21.5 Å². The molecule has 4 N–H and O–H groups in total. The van der Waals surface area contributed by atoms with Gasteiger partial charge >= 0.3 is 0 Å². The van der Waals surface area contributed by atoms with Gasteiger partial charge in [0.15, 0.2) is 11.5 Å². The van der Waals surface area contributed by atoms with E-state index in [9.17, 15) is 10.2 Å². The lowest BCUT2D eigenvalue weighted by atomic mass is 10.1. The van der Waals surface area contributed by atoms with E-state index in [2.05, 4.69) is 0 Å². The fraction of sp³-hybridized carbons (Fsp3) is 0. The molecule has 0 heterocycles. The van der Waals surface area contributed by atoms with Gasteiger partial charge in [-0.1, -0.05) is 42.5 Å². The van der Waals surface area contributed by atoms with Gasteiger partial charge in [-0.05, 0) is 41.1 Å². The van der Waals surface area contributed by atoms with Crippen molar-refractivity contribution in [3.8, 4) is 23.0 Å². The van der Waals surface area contributed by atoms with Gasteiger partial charge in [0.25, 0.3) is 0 Å². The van der Waals surface area contributed by atoms with Crippen molar-refractivity contribution in [3.05, 3.63) is 72.8 Å². The molecular formula is C20H16O4. The smallest absolute Gasteiger partial charge is 0.165 e. The number of fused-ring (bicyclic) bond motifs is 2. The zero-order chi connectivity index (χ0) is 17.1. The summed E-state index contributed by atoms with van der Waals surface area (Å²) < 4.78 is 0. The molecule has 0 aromatic heterocycles. The van der Waals surface area contributed by atoms with Crippen LogP contribution in [0.4, 0.5) is 0 Å². The molecular weight excluding hydrogens is 304 g/mol. The highest BCUT2D eigenvalue weighted by atomic mass is 16.3. The molecule has 0 atom stereocenters. The van der Waals surface area contributed by atoms with E-state index in [1.165, 1.54) is 6.07 Å². The Kier molecular flexibility index (Phi) is 4.12. The first-order chi connectivity index (χ1) is 11.6. The molecule has 0 bridgehead atoms. The third-order valence-corrected chi connectivity index (χ3v) is 3.72. The number of phenolic OH excluding ortho intramolecular Hbond substituents is 4. The molecule has 4 aromatic rings. The summed E-state index contributed by atoms with van der Waals surface area (Å²) in [6.45, 7) is 0. The third-order valence-electron chi connectivity index (χ3n) is 3.72. The Labute approximate surface area is 138 Å². The van der Waals surface area contributed by atoms with E-state index in [1.54, 1.807) is 42.5 Å². The van der Waals surface area contributed by atoms with Crippen LogP contribution in [-0.4, -0.2) is 20.4 Å². The van der Waals surface area contributed by atoms with Gasteiger partial charge in [-0.25, -0.2) is 0 Å². The number of phenols is 4. The zero-order valence-corrected chi connectivity index (χ0v) is 12.7. The van der Waals surface area contributed by atoms with Crippen LogP contribution in [0.2, 0.25) is 0 Å². The number of benzene rings is 4. The summed E-state index contributed by atoms with van der Waals surface area (Å²) in [5.74, 6) is 0.336. The molecule has 0 aliphatic carbocycles. The minimum Gasteiger partial charge on any atom is -0.508 e. The van der Waals surface area contributed by atoms with Crippen molar-refractivity contribution in [2.45, 2.75) is 0 Å². The summed E-state index contributed by atoms with van der Waals surface area (Å²) in [6.07, 6.45) is 0. The summed E-state index contributed by atoms with van der Waals surface area (Å²) in [7, 11) is 0. The Morgan fingerprint density at radius 2 is 1.25 bits per heavy atom. The maximum absolute atomic E-state index is 9.41. The van der Waals surface area contributed by atoms with Crippen LogP contribution in [0.15, 0.2) is 72.8 Å². The quantitative estimate of drug-likeness (QED) is 0.360. The Morgan fingerprint density at radius 3 is 2.08 bits per heavy atom. The molecule has 4 heteroatoms. The van der Waals surface area contributed by atoms with Crippen LogP contribution in [0.5, 0.6) is 23.0 Å². The third kappa shape index (κ3) is 3.03. The lowest BCUT2D eigenvalue weighted by Gasteiger charge is -2.01. The average molecular weight is 320 g/mol. The number of aromatic hydroxyl groups is 4. The normalized spacial score (nSPS) is 10.3. The van der Waals surface area contributed by atoms with E-state index < -0.39 is 0 Å². The Morgan fingerprint density at radius 1 is 0.500 bits per heavy atom. The van der Waals surface area contributed by atoms with Crippen molar-refractivity contribution in [3.63, 3.8) is 0 Å². The summed E-state index contributed by atoms with van der Waals surface area (Å²) in [5.41, 5.74) is 0. The van der Waals surface area contributed by atoms with Crippen LogP contribution in [0, 0.1) is 0 Å². The molecule has 4 aromatic carbocycles. The second-order valence-corrected chi connectivity index (χ2v) is 5.34. The van der Waals surface area contributed by atoms with E-state index in [4.69, 9.17) is 10.2 Å². The standard InChI is InChI=1S/2C10H8O2/c11-8-4-5-9-7(6-8)2-1-3-10(9)12;11-9-6-5-7-3-1-2-4-8(7)10(9)12/h2*1-6,11-12H. The highest BCUT2D eigenvalue weighted by molar-refractivity contribution is 5.90. The van der Waals surface area contributed by atoms with Crippen LogP contribution >= 0.6 is 0 Å². The molecule has 0 amide bonds. The number of hydrogen-bond donors (Lipinski definition) is 4. The van der Waals surface area contributed by atoms with Gasteiger partial charge in [0.05, 0.1) is 0 Å². The predicted molar refractivity (Wildman–Crippen MR) is 94.6 cm³/mol. The second-order valence-electron chi connectivity index (χ2n) is 5.34. The van der Waals surface area contributed by atoms with Gasteiger partial charge in [0.2, 0.25) is 0 Å². The van der Waals surface area contributed by atoms with Gasteiger partial charge < -0.3 is 20.4 Å². The highest BCUT2D eigenvalue weighted by Crippen LogP contribution is 2.32.